The first kappa shape index (κ1) is 13.8. The fraction of sp³-hybridized carbons (Fsp3) is 0.154. The quantitative estimate of drug-likeness (QED) is 0.752. The van der Waals surface area contributed by atoms with E-state index >= 15 is 0 Å². The Hall–Kier alpha value is -2.12. The molecule has 0 bridgehead atoms. The van der Waals surface area contributed by atoms with Gasteiger partial charge in [-0.1, -0.05) is 22.9 Å². The van der Waals surface area contributed by atoms with Crippen LogP contribution in [0.4, 0.5) is 0 Å². The van der Waals surface area contributed by atoms with Crippen LogP contribution in [-0.4, -0.2) is 27.3 Å². The lowest BCUT2D eigenvalue weighted by Gasteiger charge is -1.96. The molecule has 0 aliphatic rings. The largest absolute Gasteiger partial charge is 0.462 e. The number of H-pyrrole nitrogens is 1. The van der Waals surface area contributed by atoms with E-state index in [-0.39, 0.29) is 12.2 Å². The maximum atomic E-state index is 12.2. The Kier molecular flexibility index (Phi) is 3.52. The van der Waals surface area contributed by atoms with E-state index in [2.05, 4.69) is 10.1 Å². The zero-order valence-corrected chi connectivity index (χ0v) is 12.5. The molecule has 0 aliphatic carbocycles. The van der Waals surface area contributed by atoms with E-state index in [1.54, 1.807) is 25.1 Å². The second kappa shape index (κ2) is 5.34. The smallest absolute Gasteiger partial charge is 0.345 e. The number of aromatic nitrogens is 3. The number of hydrogen-bond donors (Lipinski definition) is 1. The number of benzene rings is 1. The molecule has 1 N–H and O–H groups in total. The number of rotatable bonds is 3. The highest BCUT2D eigenvalue weighted by atomic mass is 35.5. The van der Waals surface area contributed by atoms with Gasteiger partial charge in [-0.15, -0.1) is 0 Å². The van der Waals surface area contributed by atoms with Gasteiger partial charge in [-0.3, -0.25) is 9.89 Å². The van der Waals surface area contributed by atoms with Gasteiger partial charge < -0.3 is 4.74 Å². The Bertz CT molecular complexity index is 880. The van der Waals surface area contributed by atoms with Crippen molar-refractivity contribution in [3.63, 3.8) is 0 Å². The molecule has 21 heavy (non-hydrogen) atoms. The summed E-state index contributed by atoms with van der Waals surface area (Å²) >= 11 is 7.23. The van der Waals surface area contributed by atoms with Gasteiger partial charge in [0.25, 0.3) is 5.56 Å². The number of ether oxygens (including phenoxy) is 1. The molecular formula is C13H10ClN3O3S. The minimum Gasteiger partial charge on any atom is -0.462 e. The van der Waals surface area contributed by atoms with Crippen molar-refractivity contribution in [1.82, 2.24) is 14.8 Å². The highest BCUT2D eigenvalue weighted by molar-refractivity contribution is 7.20. The lowest BCUT2D eigenvalue weighted by atomic mass is 10.3. The summed E-state index contributed by atoms with van der Waals surface area (Å²) in [6.45, 7) is 1.89. The minimum absolute atomic E-state index is 0.0471. The zero-order chi connectivity index (χ0) is 15.0. The van der Waals surface area contributed by atoms with Crippen LogP contribution in [0.3, 0.4) is 0 Å². The molecule has 0 saturated carbocycles. The normalized spacial score (nSPS) is 11.0. The monoisotopic (exact) mass is 323 g/mol. The molecule has 3 rings (SSSR count). The first-order chi connectivity index (χ1) is 10.1. The summed E-state index contributed by atoms with van der Waals surface area (Å²) in [4.78, 5) is 28.2. The molecule has 8 heteroatoms. The summed E-state index contributed by atoms with van der Waals surface area (Å²) in [5.41, 5.74) is 0.200. The molecule has 2 heterocycles. The topological polar surface area (TPSA) is 77.0 Å². The molecule has 0 fully saturated rings. The second-order valence-corrected chi connectivity index (χ2v) is 5.60. The number of thiazole rings is 1. The number of fused-ring (bicyclic) bond motifs is 1. The number of carbonyl (C=O) groups is 1. The number of esters is 1. The van der Waals surface area contributed by atoms with Crippen molar-refractivity contribution < 1.29 is 9.53 Å². The van der Waals surface area contributed by atoms with Crippen LogP contribution in [0.5, 0.6) is 0 Å². The number of hydrogen-bond acceptors (Lipinski definition) is 5. The number of halogens is 1. The standard InChI is InChI=1S/C13H10ClN3O3S/c1-2-20-12(19)8-6-15-17(11(8)18)13-16-9-4-3-7(14)5-10(9)21-13/h3-6,15H,2H2,1H3. The molecule has 0 radical (unpaired) electrons. The summed E-state index contributed by atoms with van der Waals surface area (Å²) in [5, 5.41) is 3.76. The Labute approximate surface area is 127 Å². The maximum absolute atomic E-state index is 12.2. The van der Waals surface area contributed by atoms with Crippen molar-refractivity contribution in [3.8, 4) is 5.13 Å². The minimum atomic E-state index is -0.651. The number of nitrogens with one attached hydrogen (secondary N) is 1. The predicted octanol–water partition coefficient (Wildman–Crippen LogP) is 2.61. The molecule has 3 aromatic rings. The van der Waals surface area contributed by atoms with Gasteiger partial charge in [0, 0.05) is 11.2 Å². The van der Waals surface area contributed by atoms with Crippen molar-refractivity contribution in [2.45, 2.75) is 6.92 Å². The Morgan fingerprint density at radius 2 is 2.33 bits per heavy atom. The van der Waals surface area contributed by atoms with E-state index < -0.39 is 11.5 Å². The van der Waals surface area contributed by atoms with E-state index in [0.717, 1.165) is 10.2 Å². The van der Waals surface area contributed by atoms with Crippen LogP contribution in [0.2, 0.25) is 5.02 Å². The Balaban J connectivity index is 2.07. The third-order valence-corrected chi connectivity index (χ3v) is 4.04. The molecule has 0 unspecified atom stereocenters. The fourth-order valence-electron chi connectivity index (χ4n) is 1.85. The average Bonchev–Trinajstić information content (AvgIpc) is 3.01. The van der Waals surface area contributed by atoms with E-state index in [9.17, 15) is 9.59 Å². The predicted molar refractivity (Wildman–Crippen MR) is 80.5 cm³/mol. The summed E-state index contributed by atoms with van der Waals surface area (Å²) < 4.78 is 6.90. The Morgan fingerprint density at radius 1 is 1.52 bits per heavy atom. The molecule has 1 aromatic carbocycles. The third-order valence-electron chi connectivity index (χ3n) is 2.80. The molecule has 0 amide bonds. The highest BCUT2D eigenvalue weighted by Crippen LogP contribution is 2.26. The molecule has 6 nitrogen and oxygen atoms in total. The van der Waals surface area contributed by atoms with Crippen LogP contribution >= 0.6 is 22.9 Å². The zero-order valence-electron chi connectivity index (χ0n) is 10.9. The van der Waals surface area contributed by atoms with Crippen LogP contribution in [-0.2, 0) is 4.74 Å². The maximum Gasteiger partial charge on any atom is 0.345 e. The van der Waals surface area contributed by atoms with Crippen LogP contribution in [0, 0.1) is 0 Å². The van der Waals surface area contributed by atoms with E-state index in [1.807, 2.05) is 0 Å². The van der Waals surface area contributed by atoms with Gasteiger partial charge in [-0.25, -0.2) is 9.78 Å². The lowest BCUT2D eigenvalue weighted by molar-refractivity contribution is 0.0525. The molecule has 0 spiro atoms. The molecule has 0 atom stereocenters. The average molecular weight is 324 g/mol. The summed E-state index contributed by atoms with van der Waals surface area (Å²) in [7, 11) is 0. The third kappa shape index (κ3) is 2.45. The summed E-state index contributed by atoms with van der Waals surface area (Å²) in [6, 6.07) is 5.28. The van der Waals surface area contributed by atoms with E-state index in [1.165, 1.54) is 22.2 Å². The first-order valence-corrected chi connectivity index (χ1v) is 7.33. The van der Waals surface area contributed by atoms with Crippen molar-refractivity contribution in [3.05, 3.63) is 45.3 Å². The molecular weight excluding hydrogens is 314 g/mol. The lowest BCUT2D eigenvalue weighted by Crippen LogP contribution is -2.21. The van der Waals surface area contributed by atoms with Crippen LogP contribution < -0.4 is 5.56 Å². The van der Waals surface area contributed by atoms with Crippen molar-refractivity contribution >= 4 is 39.1 Å². The fourth-order valence-corrected chi connectivity index (χ4v) is 3.06. The van der Waals surface area contributed by atoms with Crippen molar-refractivity contribution in [1.29, 1.82) is 0 Å². The van der Waals surface area contributed by atoms with Crippen LogP contribution in [0.15, 0.2) is 29.2 Å². The van der Waals surface area contributed by atoms with Gasteiger partial charge in [0.2, 0.25) is 5.13 Å². The van der Waals surface area contributed by atoms with Gasteiger partial charge in [-0.05, 0) is 25.1 Å². The molecule has 2 aromatic heterocycles. The number of nitrogens with zero attached hydrogens (tertiary/aromatic N) is 2. The van der Waals surface area contributed by atoms with Gasteiger partial charge in [0.05, 0.1) is 16.8 Å². The highest BCUT2D eigenvalue weighted by Gasteiger charge is 2.18. The molecule has 0 saturated heterocycles. The van der Waals surface area contributed by atoms with Crippen molar-refractivity contribution in [2.75, 3.05) is 6.61 Å². The van der Waals surface area contributed by atoms with Gasteiger partial charge in [-0.2, -0.15) is 4.68 Å². The summed E-state index contributed by atoms with van der Waals surface area (Å²) in [6.07, 6.45) is 1.32. The number of carbonyl (C=O) groups excluding carboxylic acids is 1. The van der Waals surface area contributed by atoms with Crippen molar-refractivity contribution in [2.24, 2.45) is 0 Å². The van der Waals surface area contributed by atoms with Gasteiger partial charge in [0.15, 0.2) is 0 Å². The van der Waals surface area contributed by atoms with Crippen LogP contribution in [0.25, 0.3) is 15.3 Å². The number of aromatic amines is 1. The first-order valence-electron chi connectivity index (χ1n) is 6.14. The summed E-state index contributed by atoms with van der Waals surface area (Å²) in [5.74, 6) is -0.651. The van der Waals surface area contributed by atoms with E-state index in [0.29, 0.717) is 10.2 Å². The van der Waals surface area contributed by atoms with E-state index in [4.69, 9.17) is 16.3 Å². The molecule has 108 valence electrons. The Morgan fingerprint density at radius 3 is 3.10 bits per heavy atom. The molecule has 0 aliphatic heterocycles. The second-order valence-electron chi connectivity index (χ2n) is 4.16. The SMILES string of the molecule is CCOC(=O)c1c[nH]n(-c2nc3ccc(Cl)cc3s2)c1=O. The van der Waals surface area contributed by atoms with Crippen LogP contribution in [0.1, 0.15) is 17.3 Å². The van der Waals surface area contributed by atoms with Gasteiger partial charge >= 0.3 is 5.97 Å². The van der Waals surface area contributed by atoms with Gasteiger partial charge in [0.1, 0.15) is 5.56 Å².